The molecule has 1 heterocycles. The molecule has 2 rings (SSSR count). The van der Waals surface area contributed by atoms with Gasteiger partial charge in [0.15, 0.2) is 0 Å². The van der Waals surface area contributed by atoms with Gasteiger partial charge in [-0.25, -0.2) is 4.79 Å². The number of urea groups is 1. The first-order valence-corrected chi connectivity index (χ1v) is 5.28. The van der Waals surface area contributed by atoms with Gasteiger partial charge in [-0.15, -0.1) is 6.42 Å². The van der Waals surface area contributed by atoms with Gasteiger partial charge >= 0.3 is 6.03 Å². The van der Waals surface area contributed by atoms with Crippen LogP contribution in [0.5, 0.6) is 0 Å². The minimum absolute atomic E-state index is 0.210. The smallest absolute Gasteiger partial charge is 0.346 e. The number of carbonyl (C=O) groups is 1. The number of terminal acetylenes is 1. The lowest BCUT2D eigenvalue weighted by molar-refractivity contribution is 0.213. The Labute approximate surface area is 100 Å². The molecule has 2 N–H and O–H groups in total. The van der Waals surface area contributed by atoms with E-state index in [0.717, 1.165) is 11.1 Å². The summed E-state index contributed by atoms with van der Waals surface area (Å²) in [5, 5.41) is 0. The van der Waals surface area contributed by atoms with Crippen LogP contribution in [0.25, 0.3) is 0 Å². The van der Waals surface area contributed by atoms with Gasteiger partial charge in [0, 0.05) is 0 Å². The molecule has 0 aromatic heterocycles. The normalized spacial score (nSPS) is 19.1. The third-order valence-electron chi connectivity index (χ3n) is 2.72. The summed E-state index contributed by atoms with van der Waals surface area (Å²) in [5.41, 5.74) is 7.86. The van der Waals surface area contributed by atoms with Crippen molar-refractivity contribution in [2.45, 2.75) is 13.0 Å². The molecular weight excluding hydrogens is 214 g/mol. The van der Waals surface area contributed by atoms with E-state index in [-0.39, 0.29) is 18.6 Å². The molecule has 2 amide bonds. The highest BCUT2D eigenvalue weighted by atomic mass is 16.2. The van der Waals surface area contributed by atoms with Crippen LogP contribution in [0.2, 0.25) is 0 Å². The zero-order valence-corrected chi connectivity index (χ0v) is 9.55. The monoisotopic (exact) mass is 227 g/mol. The van der Waals surface area contributed by atoms with Crippen LogP contribution >= 0.6 is 0 Å². The Balaban J connectivity index is 2.36. The molecule has 86 valence electrons. The van der Waals surface area contributed by atoms with E-state index in [0.29, 0.717) is 5.84 Å². The van der Waals surface area contributed by atoms with Crippen LogP contribution in [0, 0.1) is 19.3 Å². The zero-order chi connectivity index (χ0) is 12.4. The lowest BCUT2D eigenvalue weighted by atomic mass is 10.0. The third kappa shape index (κ3) is 2.00. The second-order valence-electron chi connectivity index (χ2n) is 3.96. The van der Waals surface area contributed by atoms with Crippen LogP contribution in [0.1, 0.15) is 17.2 Å². The van der Waals surface area contributed by atoms with Crippen LogP contribution in [-0.4, -0.2) is 23.3 Å². The molecule has 4 heteroatoms. The quantitative estimate of drug-likeness (QED) is 0.778. The summed E-state index contributed by atoms with van der Waals surface area (Å²) >= 11 is 0. The Morgan fingerprint density at radius 2 is 2.12 bits per heavy atom. The number of hydrogen-bond donors (Lipinski definition) is 1. The van der Waals surface area contributed by atoms with E-state index in [1.54, 1.807) is 0 Å². The van der Waals surface area contributed by atoms with Crippen molar-refractivity contribution in [3.63, 3.8) is 0 Å². The number of carbonyl (C=O) groups excluding carboxylic acids is 1. The number of benzene rings is 1. The van der Waals surface area contributed by atoms with Gasteiger partial charge in [-0.3, -0.25) is 4.90 Å². The molecule has 0 saturated heterocycles. The second-order valence-corrected chi connectivity index (χ2v) is 3.96. The topological polar surface area (TPSA) is 58.7 Å². The Kier molecular flexibility index (Phi) is 2.84. The molecule has 17 heavy (non-hydrogen) atoms. The van der Waals surface area contributed by atoms with Crippen molar-refractivity contribution in [3.05, 3.63) is 35.4 Å². The first-order chi connectivity index (χ1) is 8.13. The van der Waals surface area contributed by atoms with E-state index in [9.17, 15) is 4.79 Å². The second kappa shape index (κ2) is 4.30. The highest BCUT2D eigenvalue weighted by molar-refractivity contribution is 6.03. The fourth-order valence-corrected chi connectivity index (χ4v) is 1.86. The molecule has 0 spiro atoms. The van der Waals surface area contributed by atoms with E-state index in [4.69, 9.17) is 12.2 Å². The van der Waals surface area contributed by atoms with Crippen LogP contribution < -0.4 is 5.73 Å². The maximum atomic E-state index is 11.6. The largest absolute Gasteiger partial charge is 0.385 e. The van der Waals surface area contributed by atoms with E-state index in [1.165, 1.54) is 4.90 Å². The predicted octanol–water partition coefficient (Wildman–Crippen LogP) is 1.46. The molecule has 1 aliphatic rings. The van der Waals surface area contributed by atoms with Crippen LogP contribution in [0.3, 0.4) is 0 Å². The van der Waals surface area contributed by atoms with E-state index >= 15 is 0 Å². The Morgan fingerprint density at radius 1 is 1.47 bits per heavy atom. The summed E-state index contributed by atoms with van der Waals surface area (Å²) in [7, 11) is 0. The Bertz CT molecular complexity index is 510. The van der Waals surface area contributed by atoms with E-state index < -0.39 is 0 Å². The number of nitrogens with two attached hydrogens (primary N) is 1. The number of amides is 2. The number of aliphatic imine (C=N–C) groups is 1. The van der Waals surface area contributed by atoms with Gasteiger partial charge in [0.2, 0.25) is 0 Å². The molecule has 0 bridgehead atoms. The predicted molar refractivity (Wildman–Crippen MR) is 66.5 cm³/mol. The van der Waals surface area contributed by atoms with Crippen molar-refractivity contribution in [3.8, 4) is 12.3 Å². The van der Waals surface area contributed by atoms with Crippen molar-refractivity contribution in [2.75, 3.05) is 6.54 Å². The lowest BCUT2D eigenvalue weighted by Crippen LogP contribution is -2.33. The fourth-order valence-electron chi connectivity index (χ4n) is 1.86. The molecule has 4 nitrogen and oxygen atoms in total. The van der Waals surface area contributed by atoms with Crippen LogP contribution in [0.4, 0.5) is 4.79 Å². The van der Waals surface area contributed by atoms with Gasteiger partial charge < -0.3 is 5.73 Å². The van der Waals surface area contributed by atoms with Gasteiger partial charge in [0.25, 0.3) is 0 Å². The number of aryl methyl sites for hydroxylation is 1. The number of nitrogens with zero attached hydrogens (tertiary/aromatic N) is 2. The lowest BCUT2D eigenvalue weighted by Gasteiger charge is -2.22. The molecule has 0 aliphatic carbocycles. The van der Waals surface area contributed by atoms with Gasteiger partial charge in [-0.1, -0.05) is 35.7 Å². The van der Waals surface area contributed by atoms with Gasteiger partial charge in [0.1, 0.15) is 11.9 Å². The highest BCUT2D eigenvalue weighted by Gasteiger charge is 2.33. The third-order valence-corrected chi connectivity index (χ3v) is 2.72. The van der Waals surface area contributed by atoms with Crippen molar-refractivity contribution in [2.24, 2.45) is 10.7 Å². The van der Waals surface area contributed by atoms with Gasteiger partial charge in [0.05, 0.1) is 6.54 Å². The Morgan fingerprint density at radius 3 is 2.71 bits per heavy atom. The molecular formula is C13H13N3O. The molecule has 1 aliphatic heterocycles. The minimum atomic E-state index is -0.369. The molecule has 1 atom stereocenters. The Hall–Kier alpha value is -2.28. The summed E-state index contributed by atoms with van der Waals surface area (Å²) in [6.45, 7) is 2.21. The summed E-state index contributed by atoms with van der Waals surface area (Å²) in [5.74, 6) is 2.75. The number of rotatable bonds is 2. The van der Waals surface area contributed by atoms with Crippen molar-refractivity contribution < 1.29 is 4.79 Å². The molecule has 1 aromatic carbocycles. The average molecular weight is 227 g/mol. The minimum Gasteiger partial charge on any atom is -0.385 e. The zero-order valence-electron chi connectivity index (χ0n) is 9.55. The van der Waals surface area contributed by atoms with E-state index in [1.807, 2.05) is 31.2 Å². The SMILES string of the molecule is C#CCN1C(=O)N=C(N)C1c1ccc(C)cc1. The number of amidine groups is 1. The fraction of sp³-hybridized carbons (Fsp3) is 0.231. The molecule has 1 unspecified atom stereocenters. The average Bonchev–Trinajstić information content (AvgIpc) is 2.56. The first-order valence-electron chi connectivity index (χ1n) is 5.28. The van der Waals surface area contributed by atoms with E-state index in [2.05, 4.69) is 10.9 Å². The molecule has 0 saturated carbocycles. The summed E-state index contributed by atoms with van der Waals surface area (Å²) in [6, 6.07) is 7.11. The maximum Gasteiger partial charge on any atom is 0.346 e. The van der Waals surface area contributed by atoms with Crippen molar-refractivity contribution in [1.29, 1.82) is 0 Å². The van der Waals surface area contributed by atoms with Gasteiger partial charge in [-0.2, -0.15) is 4.99 Å². The molecule has 1 aromatic rings. The van der Waals surface area contributed by atoms with Crippen molar-refractivity contribution >= 4 is 11.9 Å². The summed E-state index contributed by atoms with van der Waals surface area (Å²) in [6.07, 6.45) is 5.24. The van der Waals surface area contributed by atoms with Gasteiger partial charge in [-0.05, 0) is 12.5 Å². The maximum absolute atomic E-state index is 11.6. The first kappa shape index (κ1) is 11.2. The summed E-state index contributed by atoms with van der Waals surface area (Å²) < 4.78 is 0. The summed E-state index contributed by atoms with van der Waals surface area (Å²) in [4.78, 5) is 16.8. The highest BCUT2D eigenvalue weighted by Crippen LogP contribution is 2.26. The number of hydrogen-bond acceptors (Lipinski definition) is 2. The van der Waals surface area contributed by atoms with Crippen molar-refractivity contribution in [1.82, 2.24) is 4.90 Å². The van der Waals surface area contributed by atoms with Crippen LogP contribution in [-0.2, 0) is 0 Å². The molecule has 0 fully saturated rings. The molecule has 0 radical (unpaired) electrons. The standard InChI is InChI=1S/C13H13N3O/c1-3-8-16-11(12(14)15-13(16)17)10-6-4-9(2)5-7-10/h1,4-7,11H,8H2,2H3,(H2,14,15,17). The van der Waals surface area contributed by atoms with Crippen LogP contribution in [0.15, 0.2) is 29.3 Å².